The Morgan fingerprint density at radius 2 is 1.90 bits per heavy atom. The average molecular weight is 547 g/mol. The largest absolute Gasteiger partial charge is 0.327 e. The van der Waals surface area contributed by atoms with Crippen molar-refractivity contribution in [2.24, 2.45) is 12.9 Å². The number of anilines is 1. The van der Waals surface area contributed by atoms with Crippen molar-refractivity contribution in [1.29, 1.82) is 0 Å². The molecule has 5 aromatic rings. The lowest BCUT2D eigenvalue weighted by Gasteiger charge is -2.41. The highest BCUT2D eigenvalue weighted by atomic mass is 32.1. The number of nitrogens with two attached hydrogens (primary N) is 1. The quantitative estimate of drug-likeness (QED) is 0.116. The molecule has 2 N–H and O–H groups in total. The van der Waals surface area contributed by atoms with Crippen LogP contribution < -0.4 is 10.7 Å². The topological polar surface area (TPSA) is 97.6 Å². The van der Waals surface area contributed by atoms with Crippen LogP contribution in [0, 0.1) is 11.8 Å². The van der Waals surface area contributed by atoms with E-state index in [9.17, 15) is 4.79 Å². The summed E-state index contributed by atoms with van der Waals surface area (Å²) < 4.78 is 3.28. The second-order valence-electron chi connectivity index (χ2n) is 9.44. The molecule has 0 spiro atoms. The first-order valence-corrected chi connectivity index (χ1v) is 13.2. The molecule has 0 fully saturated rings. The number of hydrogen-bond acceptors (Lipinski definition) is 7. The smallest absolute Gasteiger partial charge is 0.273 e. The molecule has 198 valence electrons. The van der Waals surface area contributed by atoms with E-state index in [2.05, 4.69) is 38.0 Å². The predicted molar refractivity (Wildman–Crippen MR) is 157 cm³/mol. The van der Waals surface area contributed by atoms with Gasteiger partial charge in [0, 0.05) is 48.1 Å². The molecule has 2 unspecified atom stereocenters. The lowest BCUT2D eigenvalue weighted by Crippen LogP contribution is -2.49. The molecule has 1 aliphatic heterocycles. The molecule has 0 bridgehead atoms. The van der Waals surface area contributed by atoms with Crippen LogP contribution in [0.1, 0.15) is 44.9 Å². The van der Waals surface area contributed by atoms with Crippen LogP contribution in [-0.2, 0) is 7.05 Å². The van der Waals surface area contributed by atoms with Gasteiger partial charge in [-0.2, -0.15) is 10.2 Å². The summed E-state index contributed by atoms with van der Waals surface area (Å²) in [5.74, 6) is 12.7. The molecule has 2 aromatic carbocycles. The number of rotatable bonds is 4. The lowest BCUT2D eigenvalue weighted by molar-refractivity contribution is 0.0717. The van der Waals surface area contributed by atoms with Crippen LogP contribution in [0.4, 0.5) is 5.69 Å². The summed E-state index contributed by atoms with van der Waals surface area (Å²) in [5, 5.41) is 9.29. The highest BCUT2D eigenvalue weighted by Gasteiger charge is 2.35. The van der Waals surface area contributed by atoms with Gasteiger partial charge in [0.1, 0.15) is 10.9 Å². The summed E-state index contributed by atoms with van der Waals surface area (Å²) in [6, 6.07) is 17.2. The Morgan fingerprint density at radius 3 is 2.67 bits per heavy atom. The third-order valence-electron chi connectivity index (χ3n) is 6.89. The third kappa shape index (κ3) is 4.51. The second kappa shape index (κ2) is 10.4. The van der Waals surface area contributed by atoms with E-state index in [0.29, 0.717) is 11.2 Å². The molecule has 0 saturated heterocycles. The van der Waals surface area contributed by atoms with Crippen LogP contribution >= 0.6 is 12.6 Å². The summed E-state index contributed by atoms with van der Waals surface area (Å²) in [6.45, 7) is 1.90. The molecule has 9 nitrogen and oxygen atoms in total. The fourth-order valence-corrected chi connectivity index (χ4v) is 5.42. The van der Waals surface area contributed by atoms with Crippen LogP contribution in [0.2, 0.25) is 0 Å². The molecular weight excluding hydrogens is 520 g/mol. The SMILES string of the molecule is CC(C1=Cc2cccc(C#Cc3cnn(C)c3)c2C(S)N1c1ccccc1)N(N)C(=O)c1cnn2cccnc12. The fourth-order valence-electron chi connectivity index (χ4n) is 4.87. The molecule has 6 rings (SSSR count). The van der Waals surface area contributed by atoms with Crippen molar-refractivity contribution in [2.75, 3.05) is 4.90 Å². The van der Waals surface area contributed by atoms with Gasteiger partial charge < -0.3 is 4.90 Å². The first-order chi connectivity index (χ1) is 19.4. The normalized spacial score (nSPS) is 15.2. The van der Waals surface area contributed by atoms with Crippen molar-refractivity contribution in [3.63, 3.8) is 0 Å². The van der Waals surface area contributed by atoms with Crippen molar-refractivity contribution in [3.8, 4) is 11.8 Å². The van der Waals surface area contributed by atoms with Crippen molar-refractivity contribution in [3.05, 3.63) is 119 Å². The predicted octanol–water partition coefficient (Wildman–Crippen LogP) is 4.06. The Bertz CT molecular complexity index is 1810. The van der Waals surface area contributed by atoms with Crippen LogP contribution in [0.15, 0.2) is 91.3 Å². The molecule has 1 aliphatic rings. The summed E-state index contributed by atoms with van der Waals surface area (Å²) >= 11 is 5.12. The van der Waals surface area contributed by atoms with Crippen molar-refractivity contribution in [1.82, 2.24) is 29.4 Å². The van der Waals surface area contributed by atoms with Gasteiger partial charge in [-0.3, -0.25) is 14.5 Å². The number of hydrogen-bond donors (Lipinski definition) is 2. The van der Waals surface area contributed by atoms with Crippen LogP contribution in [0.5, 0.6) is 0 Å². The first kappa shape index (κ1) is 25.4. The minimum Gasteiger partial charge on any atom is -0.327 e. The number of amides is 1. The van der Waals surface area contributed by atoms with Gasteiger partial charge in [0.15, 0.2) is 5.65 Å². The van der Waals surface area contributed by atoms with Gasteiger partial charge in [-0.15, -0.1) is 12.6 Å². The number of thiol groups is 1. The summed E-state index contributed by atoms with van der Waals surface area (Å²) in [6.07, 6.45) is 10.5. The van der Waals surface area contributed by atoms with Crippen LogP contribution in [0.25, 0.3) is 11.7 Å². The Labute approximate surface area is 236 Å². The van der Waals surface area contributed by atoms with Gasteiger partial charge >= 0.3 is 0 Å². The average Bonchev–Trinajstić information content (AvgIpc) is 3.61. The zero-order valence-electron chi connectivity index (χ0n) is 21.9. The molecule has 1 amide bonds. The summed E-state index contributed by atoms with van der Waals surface area (Å²) in [4.78, 5) is 20.0. The number of hydrazine groups is 1. The Hall–Kier alpha value is -4.85. The van der Waals surface area contributed by atoms with E-state index >= 15 is 0 Å². The molecule has 4 heterocycles. The standard InChI is InChI=1S/C30H26N8OS/c1-20(38(31)29(39)25-18-34-36-15-7-14-32-28(25)36)26-16-23-9-6-8-22(13-12-21-17-33-35(2)19-21)27(23)30(40)37(26)24-10-4-3-5-11-24/h3-11,14-20,30,40H,31H2,1-2H3. The van der Waals surface area contributed by atoms with E-state index in [-0.39, 0.29) is 11.3 Å². The minimum atomic E-state index is -0.515. The lowest BCUT2D eigenvalue weighted by atomic mass is 9.93. The van der Waals surface area contributed by atoms with E-state index in [1.54, 1.807) is 33.9 Å². The Kier molecular flexibility index (Phi) is 6.59. The van der Waals surface area contributed by atoms with E-state index in [4.69, 9.17) is 18.5 Å². The zero-order valence-corrected chi connectivity index (χ0v) is 22.8. The van der Waals surface area contributed by atoms with E-state index < -0.39 is 6.04 Å². The number of nitrogens with zero attached hydrogens (tertiary/aromatic N) is 7. The molecule has 10 heteroatoms. The molecule has 3 aromatic heterocycles. The molecule has 0 aliphatic carbocycles. The van der Waals surface area contributed by atoms with Crippen LogP contribution in [0.3, 0.4) is 0 Å². The zero-order chi connectivity index (χ0) is 27.8. The Morgan fingerprint density at radius 1 is 1.07 bits per heavy atom. The van der Waals surface area contributed by atoms with Gasteiger partial charge in [-0.05, 0) is 42.8 Å². The minimum absolute atomic E-state index is 0.327. The van der Waals surface area contributed by atoms with E-state index in [0.717, 1.165) is 33.6 Å². The Balaban J connectivity index is 1.43. The maximum atomic E-state index is 13.6. The summed E-state index contributed by atoms with van der Waals surface area (Å²) in [7, 11) is 1.86. The summed E-state index contributed by atoms with van der Waals surface area (Å²) in [5.41, 5.74) is 6.14. The molecule has 40 heavy (non-hydrogen) atoms. The maximum absolute atomic E-state index is 13.6. The third-order valence-corrected chi connectivity index (χ3v) is 7.38. The highest BCUT2D eigenvalue weighted by molar-refractivity contribution is 7.80. The number of carbonyl (C=O) groups excluding carboxylic acids is 1. The van der Waals surface area contributed by atoms with Gasteiger partial charge in [0.2, 0.25) is 0 Å². The number of aryl methyl sites for hydroxylation is 1. The van der Waals surface area contributed by atoms with Crippen LogP contribution in [-0.4, -0.2) is 41.3 Å². The van der Waals surface area contributed by atoms with Gasteiger partial charge in [0.25, 0.3) is 5.91 Å². The fraction of sp³-hybridized carbons (Fsp3) is 0.133. The molecular formula is C30H26N8OS. The van der Waals surface area contributed by atoms with E-state index in [1.165, 1.54) is 11.2 Å². The molecule has 0 saturated carbocycles. The number of benzene rings is 2. The van der Waals surface area contributed by atoms with Gasteiger partial charge in [-0.25, -0.2) is 15.3 Å². The van der Waals surface area contributed by atoms with Gasteiger partial charge in [-0.1, -0.05) is 42.2 Å². The number of aromatic nitrogens is 5. The first-order valence-electron chi connectivity index (χ1n) is 12.7. The molecule has 2 atom stereocenters. The maximum Gasteiger partial charge on any atom is 0.273 e. The van der Waals surface area contributed by atoms with Crippen molar-refractivity contribution < 1.29 is 4.79 Å². The van der Waals surface area contributed by atoms with E-state index in [1.807, 2.05) is 68.7 Å². The van der Waals surface area contributed by atoms with Crippen molar-refractivity contribution in [2.45, 2.75) is 18.3 Å². The van der Waals surface area contributed by atoms with Gasteiger partial charge in [0.05, 0.1) is 24.0 Å². The number of fused-ring (bicyclic) bond motifs is 2. The second-order valence-corrected chi connectivity index (χ2v) is 9.93. The van der Waals surface area contributed by atoms with Crippen molar-refractivity contribution >= 4 is 35.9 Å². The number of para-hydroxylation sites is 1. The monoisotopic (exact) mass is 546 g/mol. The highest BCUT2D eigenvalue weighted by Crippen LogP contribution is 2.43. The molecule has 0 radical (unpaired) electrons. The number of carbonyl (C=O) groups is 1.